The highest BCUT2D eigenvalue weighted by Crippen LogP contribution is 2.32. The van der Waals surface area contributed by atoms with E-state index in [-0.39, 0.29) is 35.6 Å². The summed E-state index contributed by atoms with van der Waals surface area (Å²) in [6, 6.07) is 5.67. The Balaban J connectivity index is 1.64. The number of non-ortho nitro benzene ring substituents is 1. The summed E-state index contributed by atoms with van der Waals surface area (Å²) in [5.41, 5.74) is -0.159. The molecule has 0 bridgehead atoms. The van der Waals surface area contributed by atoms with Gasteiger partial charge in [0, 0.05) is 36.3 Å². The Morgan fingerprint density at radius 1 is 1.19 bits per heavy atom. The van der Waals surface area contributed by atoms with Crippen molar-refractivity contribution in [3.63, 3.8) is 0 Å². The minimum absolute atomic E-state index is 0.0915. The lowest BCUT2D eigenvalue weighted by Crippen LogP contribution is -2.46. The molecule has 3 N–H and O–H groups in total. The van der Waals surface area contributed by atoms with E-state index >= 15 is 0 Å². The number of benzene rings is 1. The number of aromatic amines is 1. The minimum Gasteiger partial charge on any atom is -0.337 e. The highest BCUT2D eigenvalue weighted by molar-refractivity contribution is 6.04. The van der Waals surface area contributed by atoms with Crippen LogP contribution in [0.4, 0.5) is 23.1 Å². The molecule has 0 unspecified atom stereocenters. The SMILES string of the molecule is C[C@@H]1CCC[C@@H](C)N1c1nc2c(c(=O)[nH]1)[C@H](C(=O)Nc1ccc([N+](=O)[O-])cc1)CC(=O)N2. The van der Waals surface area contributed by atoms with E-state index in [1.165, 1.54) is 24.3 Å². The molecule has 3 atom stereocenters. The Morgan fingerprint density at radius 3 is 2.47 bits per heavy atom. The van der Waals surface area contributed by atoms with Gasteiger partial charge in [-0.05, 0) is 45.2 Å². The number of nitrogens with one attached hydrogen (secondary N) is 3. The Kier molecular flexibility index (Phi) is 5.64. The van der Waals surface area contributed by atoms with E-state index in [4.69, 9.17) is 0 Å². The number of carbonyl (C=O) groups excluding carboxylic acids is 2. The van der Waals surface area contributed by atoms with E-state index in [1.807, 2.05) is 4.90 Å². The van der Waals surface area contributed by atoms with Crippen LogP contribution in [0.25, 0.3) is 0 Å². The smallest absolute Gasteiger partial charge is 0.269 e. The number of nitro benzene ring substituents is 1. The van der Waals surface area contributed by atoms with Gasteiger partial charge in [-0.15, -0.1) is 0 Å². The van der Waals surface area contributed by atoms with Gasteiger partial charge in [-0.3, -0.25) is 29.5 Å². The number of amides is 2. The molecular formula is C21H24N6O5. The second kappa shape index (κ2) is 8.40. The number of fused-ring (bicyclic) bond motifs is 1. The molecule has 1 saturated heterocycles. The Labute approximate surface area is 183 Å². The van der Waals surface area contributed by atoms with Gasteiger partial charge in [0.2, 0.25) is 17.8 Å². The standard InChI is InChI=1S/C21H24N6O5/c1-11-4-3-5-12(2)26(11)21-24-18-17(20(30)25-21)15(10-16(28)23-18)19(29)22-13-6-8-14(9-7-13)27(31)32/h6-9,11-12,15H,3-5,10H2,1-2H3,(H,22,29)(H2,23,24,25,28,30)/t11-,12-,15-/m1/s1. The van der Waals surface area contributed by atoms with Crippen LogP contribution in [0.1, 0.15) is 51.0 Å². The molecule has 2 aromatic rings. The summed E-state index contributed by atoms with van der Waals surface area (Å²) in [4.78, 5) is 57.8. The number of H-pyrrole nitrogens is 1. The van der Waals surface area contributed by atoms with Crippen LogP contribution in [0.15, 0.2) is 29.1 Å². The average molecular weight is 440 g/mol. The van der Waals surface area contributed by atoms with Crippen LogP contribution >= 0.6 is 0 Å². The van der Waals surface area contributed by atoms with Crippen LogP contribution in [-0.2, 0) is 9.59 Å². The van der Waals surface area contributed by atoms with Crippen molar-refractivity contribution < 1.29 is 14.5 Å². The van der Waals surface area contributed by atoms with Crippen molar-refractivity contribution in [1.29, 1.82) is 0 Å². The molecule has 2 amide bonds. The third-order valence-electron chi connectivity index (χ3n) is 6.04. The number of nitro groups is 1. The average Bonchev–Trinajstić information content (AvgIpc) is 2.73. The van der Waals surface area contributed by atoms with Crippen molar-refractivity contribution in [3.8, 4) is 0 Å². The number of nitrogens with zero attached hydrogens (tertiary/aromatic N) is 3. The predicted molar refractivity (Wildman–Crippen MR) is 118 cm³/mol. The van der Waals surface area contributed by atoms with Crippen LogP contribution in [0.5, 0.6) is 0 Å². The van der Waals surface area contributed by atoms with Crippen LogP contribution in [0.3, 0.4) is 0 Å². The number of anilines is 3. The van der Waals surface area contributed by atoms with Crippen molar-refractivity contribution in [1.82, 2.24) is 9.97 Å². The molecule has 11 heteroatoms. The van der Waals surface area contributed by atoms with Crippen LogP contribution in [0.2, 0.25) is 0 Å². The van der Waals surface area contributed by atoms with Crippen LogP contribution in [0, 0.1) is 10.1 Å². The lowest BCUT2D eigenvalue weighted by molar-refractivity contribution is -0.384. The van der Waals surface area contributed by atoms with Gasteiger partial charge in [0.25, 0.3) is 11.2 Å². The van der Waals surface area contributed by atoms with Crippen molar-refractivity contribution in [2.45, 2.75) is 57.5 Å². The first-order valence-electron chi connectivity index (χ1n) is 10.5. The zero-order valence-electron chi connectivity index (χ0n) is 17.8. The van der Waals surface area contributed by atoms with Gasteiger partial charge < -0.3 is 15.5 Å². The number of hydrogen-bond donors (Lipinski definition) is 3. The van der Waals surface area contributed by atoms with E-state index < -0.39 is 28.2 Å². The maximum absolute atomic E-state index is 13.0. The normalized spacial score (nSPS) is 22.6. The molecule has 1 aromatic heterocycles. The van der Waals surface area contributed by atoms with E-state index in [0.29, 0.717) is 11.6 Å². The molecule has 32 heavy (non-hydrogen) atoms. The maximum atomic E-state index is 13.0. The molecule has 0 radical (unpaired) electrons. The Morgan fingerprint density at radius 2 is 1.84 bits per heavy atom. The Bertz CT molecular complexity index is 1120. The first-order valence-corrected chi connectivity index (χ1v) is 10.5. The summed E-state index contributed by atoms with van der Waals surface area (Å²) in [6.07, 6.45) is 2.83. The zero-order chi connectivity index (χ0) is 23.0. The number of carbonyl (C=O) groups is 2. The fourth-order valence-electron chi connectivity index (χ4n) is 4.44. The molecule has 3 heterocycles. The van der Waals surface area contributed by atoms with Crippen molar-refractivity contribution >= 4 is 35.0 Å². The van der Waals surface area contributed by atoms with Crippen LogP contribution in [-0.4, -0.2) is 38.8 Å². The van der Waals surface area contributed by atoms with Gasteiger partial charge in [-0.1, -0.05) is 0 Å². The van der Waals surface area contributed by atoms with E-state index in [2.05, 4.69) is 34.4 Å². The number of hydrogen-bond acceptors (Lipinski definition) is 7. The van der Waals surface area contributed by atoms with Gasteiger partial charge in [0.15, 0.2) is 0 Å². The summed E-state index contributed by atoms with van der Waals surface area (Å²) >= 11 is 0. The summed E-state index contributed by atoms with van der Waals surface area (Å²) in [6.45, 7) is 4.13. The molecule has 2 aliphatic rings. The monoisotopic (exact) mass is 440 g/mol. The molecule has 11 nitrogen and oxygen atoms in total. The number of rotatable bonds is 4. The van der Waals surface area contributed by atoms with Gasteiger partial charge in [-0.25, -0.2) is 0 Å². The molecule has 168 valence electrons. The summed E-state index contributed by atoms with van der Waals surface area (Å²) < 4.78 is 0. The third kappa shape index (κ3) is 4.05. The highest BCUT2D eigenvalue weighted by atomic mass is 16.6. The van der Waals surface area contributed by atoms with E-state index in [9.17, 15) is 24.5 Å². The lowest BCUT2D eigenvalue weighted by Gasteiger charge is -2.39. The lowest BCUT2D eigenvalue weighted by atomic mass is 9.92. The summed E-state index contributed by atoms with van der Waals surface area (Å²) in [5.74, 6) is -1.53. The third-order valence-corrected chi connectivity index (χ3v) is 6.04. The van der Waals surface area contributed by atoms with Gasteiger partial charge in [-0.2, -0.15) is 4.98 Å². The van der Waals surface area contributed by atoms with Gasteiger partial charge in [0.05, 0.1) is 16.4 Å². The van der Waals surface area contributed by atoms with Crippen LogP contribution < -0.4 is 21.1 Å². The van der Waals surface area contributed by atoms with Crippen molar-refractivity contribution in [2.24, 2.45) is 0 Å². The fraction of sp³-hybridized carbons (Fsp3) is 0.429. The number of piperidine rings is 1. The van der Waals surface area contributed by atoms with Crippen molar-refractivity contribution in [3.05, 3.63) is 50.3 Å². The second-order valence-corrected chi connectivity index (χ2v) is 8.29. The molecule has 2 aliphatic heterocycles. The first-order chi connectivity index (χ1) is 15.2. The zero-order valence-corrected chi connectivity index (χ0v) is 17.8. The van der Waals surface area contributed by atoms with E-state index in [1.54, 1.807) is 0 Å². The maximum Gasteiger partial charge on any atom is 0.269 e. The molecule has 1 aromatic carbocycles. The first kappa shape index (κ1) is 21.5. The topological polar surface area (TPSA) is 150 Å². The molecule has 0 saturated carbocycles. The van der Waals surface area contributed by atoms with Gasteiger partial charge >= 0.3 is 0 Å². The predicted octanol–water partition coefficient (Wildman–Crippen LogP) is 2.51. The van der Waals surface area contributed by atoms with Crippen molar-refractivity contribution in [2.75, 3.05) is 15.5 Å². The van der Waals surface area contributed by atoms with E-state index in [0.717, 1.165) is 19.3 Å². The highest BCUT2D eigenvalue weighted by Gasteiger charge is 2.36. The number of aromatic nitrogens is 2. The Hall–Kier alpha value is -3.76. The molecule has 1 fully saturated rings. The molecular weight excluding hydrogens is 416 g/mol. The summed E-state index contributed by atoms with van der Waals surface area (Å²) in [7, 11) is 0. The largest absolute Gasteiger partial charge is 0.337 e. The quantitative estimate of drug-likeness (QED) is 0.488. The summed E-state index contributed by atoms with van der Waals surface area (Å²) in [5, 5.41) is 16.1. The minimum atomic E-state index is -1.03. The molecule has 0 aliphatic carbocycles. The second-order valence-electron chi connectivity index (χ2n) is 8.29. The van der Waals surface area contributed by atoms with Gasteiger partial charge in [0.1, 0.15) is 5.82 Å². The molecule has 0 spiro atoms. The fourth-order valence-corrected chi connectivity index (χ4v) is 4.44. The molecule has 4 rings (SSSR count).